The van der Waals surface area contributed by atoms with Gasteiger partial charge in [-0.3, -0.25) is 0 Å². The van der Waals surface area contributed by atoms with Gasteiger partial charge in [0.1, 0.15) is 0 Å². The summed E-state index contributed by atoms with van der Waals surface area (Å²) < 4.78 is 28.0. The number of nitrogens with two attached hydrogens (primary N) is 1. The van der Waals surface area contributed by atoms with Gasteiger partial charge in [-0.2, -0.15) is 17.4 Å². The molecule has 1 aliphatic carbocycles. The van der Waals surface area contributed by atoms with Crippen molar-refractivity contribution < 1.29 is 8.42 Å². The van der Waals surface area contributed by atoms with Gasteiger partial charge in [0.15, 0.2) is 0 Å². The molecule has 0 amide bonds. The number of hydrogen-bond donors (Lipinski definition) is 2. The van der Waals surface area contributed by atoms with Crippen molar-refractivity contribution in [3.8, 4) is 0 Å². The predicted octanol–water partition coefficient (Wildman–Crippen LogP) is -0.348. The van der Waals surface area contributed by atoms with E-state index in [1.807, 2.05) is 0 Å². The Morgan fingerprint density at radius 2 is 2.13 bits per heavy atom. The van der Waals surface area contributed by atoms with Crippen molar-refractivity contribution in [1.29, 1.82) is 0 Å². The largest absolute Gasteiger partial charge is 0.326 e. The molecule has 0 radical (unpaired) electrons. The highest BCUT2D eigenvalue weighted by Gasteiger charge is 2.39. The van der Waals surface area contributed by atoms with Crippen molar-refractivity contribution in [3.63, 3.8) is 0 Å². The zero-order chi connectivity index (χ0) is 11.1. The van der Waals surface area contributed by atoms with Gasteiger partial charge in [-0.25, -0.2) is 0 Å². The molecule has 0 aromatic rings. The standard InChI is InChI=1S/C9H19N3O2S/c1-7-3-2-4-12(6-7)15(13,14)11-9-5-8(9)10/h7-9,11H,2-6,10H2,1H3. The molecule has 1 saturated heterocycles. The highest BCUT2D eigenvalue weighted by Crippen LogP contribution is 2.22. The Morgan fingerprint density at radius 1 is 1.47 bits per heavy atom. The fraction of sp³-hybridized carbons (Fsp3) is 1.00. The third-order valence-corrected chi connectivity index (χ3v) is 4.71. The highest BCUT2D eigenvalue weighted by atomic mass is 32.2. The number of nitrogens with one attached hydrogen (secondary N) is 1. The molecular formula is C9H19N3O2S. The molecule has 2 rings (SSSR count). The summed E-state index contributed by atoms with van der Waals surface area (Å²) in [5.41, 5.74) is 5.59. The Kier molecular flexibility index (Phi) is 3.03. The van der Waals surface area contributed by atoms with E-state index in [9.17, 15) is 8.42 Å². The first-order valence-corrected chi connectivity index (χ1v) is 6.96. The minimum Gasteiger partial charge on any atom is -0.326 e. The van der Waals surface area contributed by atoms with Crippen molar-refractivity contribution >= 4 is 10.2 Å². The molecule has 1 aliphatic heterocycles. The van der Waals surface area contributed by atoms with Gasteiger partial charge in [0.2, 0.25) is 0 Å². The summed E-state index contributed by atoms with van der Waals surface area (Å²) in [5.74, 6) is 0.461. The maximum atomic E-state index is 11.9. The van der Waals surface area contributed by atoms with E-state index in [4.69, 9.17) is 5.73 Å². The second-order valence-corrected chi connectivity index (χ2v) is 6.44. The van der Waals surface area contributed by atoms with E-state index >= 15 is 0 Å². The number of nitrogens with zero attached hydrogens (tertiary/aromatic N) is 1. The fourth-order valence-corrected chi connectivity index (χ4v) is 3.60. The molecule has 0 aromatic carbocycles. The zero-order valence-electron chi connectivity index (χ0n) is 9.02. The fourth-order valence-electron chi connectivity index (χ4n) is 1.98. The minimum atomic E-state index is -3.28. The average molecular weight is 233 g/mol. The van der Waals surface area contributed by atoms with Crippen molar-refractivity contribution in [1.82, 2.24) is 9.03 Å². The molecule has 1 saturated carbocycles. The monoisotopic (exact) mass is 233 g/mol. The van der Waals surface area contributed by atoms with Crippen LogP contribution in [0, 0.1) is 5.92 Å². The van der Waals surface area contributed by atoms with Crippen molar-refractivity contribution in [2.75, 3.05) is 13.1 Å². The van der Waals surface area contributed by atoms with Crippen LogP contribution in [0.2, 0.25) is 0 Å². The Hall–Kier alpha value is -0.170. The molecular weight excluding hydrogens is 214 g/mol. The maximum absolute atomic E-state index is 11.9. The van der Waals surface area contributed by atoms with Gasteiger partial charge in [-0.05, 0) is 25.2 Å². The van der Waals surface area contributed by atoms with Crippen molar-refractivity contribution in [3.05, 3.63) is 0 Å². The van der Waals surface area contributed by atoms with Crippen LogP contribution in [0.5, 0.6) is 0 Å². The second kappa shape index (κ2) is 4.01. The normalized spacial score (nSPS) is 37.9. The Labute approximate surface area is 91.2 Å². The van der Waals surface area contributed by atoms with E-state index in [1.165, 1.54) is 0 Å². The predicted molar refractivity (Wildman–Crippen MR) is 58.4 cm³/mol. The molecule has 0 aromatic heterocycles. The molecule has 3 unspecified atom stereocenters. The zero-order valence-corrected chi connectivity index (χ0v) is 9.83. The Morgan fingerprint density at radius 3 is 2.67 bits per heavy atom. The number of rotatable bonds is 3. The van der Waals surface area contributed by atoms with Crippen molar-refractivity contribution in [2.24, 2.45) is 11.7 Å². The first kappa shape index (κ1) is 11.3. The first-order chi connectivity index (χ1) is 6.99. The molecule has 2 fully saturated rings. The Balaban J connectivity index is 1.95. The summed E-state index contributed by atoms with van der Waals surface area (Å²) in [4.78, 5) is 0. The molecule has 2 aliphatic rings. The molecule has 6 heteroatoms. The van der Waals surface area contributed by atoms with E-state index in [2.05, 4.69) is 11.6 Å². The lowest BCUT2D eigenvalue weighted by atomic mass is 10.0. The summed E-state index contributed by atoms with van der Waals surface area (Å²) in [7, 11) is -3.28. The van der Waals surface area contributed by atoms with E-state index in [1.54, 1.807) is 4.31 Å². The van der Waals surface area contributed by atoms with Crippen LogP contribution >= 0.6 is 0 Å². The molecule has 88 valence electrons. The average Bonchev–Trinajstić information content (AvgIpc) is 2.80. The van der Waals surface area contributed by atoms with Gasteiger partial charge in [0.05, 0.1) is 0 Å². The molecule has 0 bridgehead atoms. The van der Waals surface area contributed by atoms with Crippen LogP contribution in [0.1, 0.15) is 26.2 Å². The van der Waals surface area contributed by atoms with Crippen LogP contribution in [-0.2, 0) is 10.2 Å². The quantitative estimate of drug-likeness (QED) is 0.700. The van der Waals surface area contributed by atoms with Crippen LogP contribution in [0.3, 0.4) is 0 Å². The second-order valence-electron chi connectivity index (χ2n) is 4.73. The van der Waals surface area contributed by atoms with Crippen LogP contribution in [0.25, 0.3) is 0 Å². The van der Waals surface area contributed by atoms with Gasteiger partial charge in [0.25, 0.3) is 10.2 Å². The summed E-state index contributed by atoms with van der Waals surface area (Å²) in [5, 5.41) is 0. The van der Waals surface area contributed by atoms with E-state index in [0.717, 1.165) is 19.3 Å². The van der Waals surface area contributed by atoms with Gasteiger partial charge in [-0.15, -0.1) is 0 Å². The third-order valence-electron chi connectivity index (χ3n) is 3.10. The van der Waals surface area contributed by atoms with Gasteiger partial charge in [0, 0.05) is 25.2 Å². The molecule has 3 N–H and O–H groups in total. The number of hydrogen-bond acceptors (Lipinski definition) is 3. The Bertz CT molecular complexity index is 330. The lowest BCUT2D eigenvalue weighted by Gasteiger charge is -2.30. The maximum Gasteiger partial charge on any atom is 0.279 e. The topological polar surface area (TPSA) is 75.4 Å². The van der Waals surface area contributed by atoms with E-state index in [0.29, 0.717) is 19.0 Å². The lowest BCUT2D eigenvalue weighted by molar-refractivity contribution is 0.278. The molecule has 3 atom stereocenters. The molecule has 15 heavy (non-hydrogen) atoms. The SMILES string of the molecule is CC1CCCN(S(=O)(=O)NC2CC2N)C1. The third kappa shape index (κ3) is 2.69. The summed E-state index contributed by atoms with van der Waals surface area (Å²) >= 11 is 0. The lowest BCUT2D eigenvalue weighted by Crippen LogP contribution is -2.47. The van der Waals surface area contributed by atoms with E-state index < -0.39 is 10.2 Å². The molecule has 5 nitrogen and oxygen atoms in total. The van der Waals surface area contributed by atoms with Crippen LogP contribution in [0.4, 0.5) is 0 Å². The summed E-state index contributed by atoms with van der Waals surface area (Å²) in [6, 6.07) is -0.0192. The van der Waals surface area contributed by atoms with Crippen LogP contribution < -0.4 is 10.5 Å². The molecule has 1 heterocycles. The summed E-state index contributed by atoms with van der Waals surface area (Å²) in [6.07, 6.45) is 2.84. The smallest absolute Gasteiger partial charge is 0.279 e. The van der Waals surface area contributed by atoms with E-state index in [-0.39, 0.29) is 12.1 Å². The minimum absolute atomic E-state index is 0.0157. The highest BCUT2D eigenvalue weighted by molar-refractivity contribution is 7.87. The summed E-state index contributed by atoms with van der Waals surface area (Å²) in [6.45, 7) is 3.36. The van der Waals surface area contributed by atoms with Crippen molar-refractivity contribution in [2.45, 2.75) is 38.3 Å². The molecule has 0 spiro atoms. The van der Waals surface area contributed by atoms with Crippen LogP contribution in [-0.4, -0.2) is 37.9 Å². The first-order valence-electron chi connectivity index (χ1n) is 5.52. The van der Waals surface area contributed by atoms with Crippen LogP contribution in [0.15, 0.2) is 0 Å². The van der Waals surface area contributed by atoms with Gasteiger partial charge >= 0.3 is 0 Å². The van der Waals surface area contributed by atoms with Gasteiger partial charge < -0.3 is 5.73 Å². The van der Waals surface area contributed by atoms with Gasteiger partial charge in [-0.1, -0.05) is 6.92 Å². The number of piperidine rings is 1.